The first-order valence-electron chi connectivity index (χ1n) is 6.37. The van der Waals surface area contributed by atoms with Gasteiger partial charge in [-0.1, -0.05) is 32.9 Å². The lowest BCUT2D eigenvalue weighted by atomic mass is 9.84. The van der Waals surface area contributed by atoms with E-state index in [9.17, 15) is 0 Å². The lowest BCUT2D eigenvalue weighted by molar-refractivity contribution is 0.282. The van der Waals surface area contributed by atoms with Gasteiger partial charge in [0.2, 0.25) is 5.89 Å². The Morgan fingerprint density at radius 2 is 2.06 bits per heavy atom. The monoisotopic (exact) mass is 239 g/mol. The molecule has 0 spiro atoms. The maximum Gasteiger partial charge on any atom is 0.226 e. The summed E-state index contributed by atoms with van der Waals surface area (Å²) < 4.78 is 5.26. The van der Waals surface area contributed by atoms with Crippen LogP contribution in [0.3, 0.4) is 0 Å². The zero-order valence-electron chi connectivity index (χ0n) is 11.7. The molecule has 1 aromatic heterocycles. The van der Waals surface area contributed by atoms with Crippen LogP contribution in [0.1, 0.15) is 45.8 Å². The van der Waals surface area contributed by atoms with Gasteiger partial charge in [0.1, 0.15) is 0 Å². The highest BCUT2D eigenvalue weighted by atomic mass is 16.5. The fourth-order valence-electron chi connectivity index (χ4n) is 2.13. The molecular weight excluding hydrogens is 214 g/mol. The van der Waals surface area contributed by atoms with Gasteiger partial charge in [0.25, 0.3) is 0 Å². The molecule has 1 heterocycles. The van der Waals surface area contributed by atoms with Crippen molar-refractivity contribution in [3.8, 4) is 0 Å². The van der Waals surface area contributed by atoms with Crippen LogP contribution in [0, 0.1) is 11.3 Å². The highest BCUT2D eigenvalue weighted by Gasteiger charge is 2.17. The molecule has 4 heteroatoms. The summed E-state index contributed by atoms with van der Waals surface area (Å²) in [7, 11) is 1.92. The Kier molecular flexibility index (Phi) is 5.12. The van der Waals surface area contributed by atoms with Crippen LogP contribution in [-0.4, -0.2) is 23.7 Å². The Morgan fingerprint density at radius 3 is 2.65 bits per heavy atom. The Bertz CT molecular complexity index is 328. The molecule has 98 valence electrons. The first-order chi connectivity index (χ1) is 7.90. The molecule has 0 aliphatic heterocycles. The normalized spacial score (nSPS) is 13.9. The molecule has 1 rings (SSSR count). The third-order valence-corrected chi connectivity index (χ3v) is 2.59. The van der Waals surface area contributed by atoms with E-state index in [1.807, 2.05) is 7.05 Å². The second-order valence-corrected chi connectivity index (χ2v) is 6.03. The molecule has 1 unspecified atom stereocenters. The van der Waals surface area contributed by atoms with E-state index in [4.69, 9.17) is 4.52 Å². The largest absolute Gasteiger partial charge is 0.339 e. The molecule has 0 radical (unpaired) electrons. The molecule has 0 aliphatic carbocycles. The third-order valence-electron chi connectivity index (χ3n) is 2.59. The summed E-state index contributed by atoms with van der Waals surface area (Å²) in [5, 5.41) is 7.05. The molecule has 4 nitrogen and oxygen atoms in total. The minimum Gasteiger partial charge on any atom is -0.339 e. The second kappa shape index (κ2) is 6.15. The van der Waals surface area contributed by atoms with E-state index in [0.717, 1.165) is 31.1 Å². The first kappa shape index (κ1) is 14.2. The molecule has 0 aromatic carbocycles. The minimum absolute atomic E-state index is 0.356. The third kappa shape index (κ3) is 5.82. The summed E-state index contributed by atoms with van der Waals surface area (Å²) in [5.74, 6) is 2.15. The maximum absolute atomic E-state index is 5.26. The highest BCUT2D eigenvalue weighted by molar-refractivity contribution is 4.88. The van der Waals surface area contributed by atoms with Gasteiger partial charge < -0.3 is 9.84 Å². The van der Waals surface area contributed by atoms with Crippen molar-refractivity contribution >= 4 is 0 Å². The van der Waals surface area contributed by atoms with E-state index in [2.05, 4.69) is 43.2 Å². The molecule has 1 aromatic rings. The van der Waals surface area contributed by atoms with Crippen molar-refractivity contribution in [3.05, 3.63) is 11.7 Å². The number of aromatic nitrogens is 2. The fourth-order valence-corrected chi connectivity index (χ4v) is 2.13. The van der Waals surface area contributed by atoms with Crippen molar-refractivity contribution in [1.82, 2.24) is 15.5 Å². The molecule has 1 N–H and O–H groups in total. The predicted octanol–water partition coefficient (Wildman–Crippen LogP) is 2.45. The summed E-state index contributed by atoms with van der Waals surface area (Å²) >= 11 is 0. The highest BCUT2D eigenvalue weighted by Crippen LogP contribution is 2.25. The minimum atomic E-state index is 0.356. The number of hydrogen-bond acceptors (Lipinski definition) is 4. The average molecular weight is 239 g/mol. The van der Waals surface area contributed by atoms with Crippen LogP contribution in [-0.2, 0) is 12.8 Å². The summed E-state index contributed by atoms with van der Waals surface area (Å²) in [6.45, 7) is 9.90. The summed E-state index contributed by atoms with van der Waals surface area (Å²) in [6.07, 6.45) is 2.87. The van der Waals surface area contributed by atoms with Gasteiger partial charge in [-0.25, -0.2) is 0 Å². The van der Waals surface area contributed by atoms with Gasteiger partial charge in [-0.15, -0.1) is 0 Å². The molecule has 0 aliphatic rings. The molecule has 0 fully saturated rings. The van der Waals surface area contributed by atoms with E-state index in [1.54, 1.807) is 0 Å². The van der Waals surface area contributed by atoms with Crippen molar-refractivity contribution in [2.75, 3.05) is 13.6 Å². The SMILES string of the molecule is CNCCc1noc(CC(C)CC(C)(C)C)n1. The van der Waals surface area contributed by atoms with Crippen LogP contribution in [0.2, 0.25) is 0 Å². The van der Waals surface area contributed by atoms with Gasteiger partial charge in [0.05, 0.1) is 0 Å². The number of nitrogens with one attached hydrogen (secondary N) is 1. The summed E-state index contributed by atoms with van der Waals surface area (Å²) in [4.78, 5) is 4.40. The lowest BCUT2D eigenvalue weighted by Gasteiger charge is -2.22. The Labute approximate surface area is 104 Å². The fraction of sp³-hybridized carbons (Fsp3) is 0.846. The van der Waals surface area contributed by atoms with Crippen molar-refractivity contribution in [2.45, 2.75) is 47.0 Å². The molecule has 0 bridgehead atoms. The zero-order chi connectivity index (χ0) is 12.9. The smallest absolute Gasteiger partial charge is 0.226 e. The van der Waals surface area contributed by atoms with Gasteiger partial charge >= 0.3 is 0 Å². The quantitative estimate of drug-likeness (QED) is 0.828. The number of hydrogen-bond donors (Lipinski definition) is 1. The standard InChI is InChI=1S/C13H25N3O/c1-10(9-13(2,3)4)8-12-15-11(16-17-12)6-7-14-5/h10,14H,6-9H2,1-5H3. The van der Waals surface area contributed by atoms with E-state index in [1.165, 1.54) is 6.42 Å². The average Bonchev–Trinajstić information content (AvgIpc) is 2.59. The number of rotatable bonds is 6. The number of likely N-dealkylation sites (N-methyl/N-ethyl adjacent to an activating group) is 1. The van der Waals surface area contributed by atoms with Crippen molar-refractivity contribution in [2.24, 2.45) is 11.3 Å². The topological polar surface area (TPSA) is 51.0 Å². The van der Waals surface area contributed by atoms with E-state index >= 15 is 0 Å². The maximum atomic E-state index is 5.26. The lowest BCUT2D eigenvalue weighted by Crippen LogP contribution is -2.13. The van der Waals surface area contributed by atoms with Crippen molar-refractivity contribution in [1.29, 1.82) is 0 Å². The predicted molar refractivity (Wildman–Crippen MR) is 68.9 cm³/mol. The van der Waals surface area contributed by atoms with Crippen LogP contribution in [0.15, 0.2) is 4.52 Å². The van der Waals surface area contributed by atoms with Crippen molar-refractivity contribution < 1.29 is 4.52 Å². The Balaban J connectivity index is 2.43. The second-order valence-electron chi connectivity index (χ2n) is 6.03. The molecule has 17 heavy (non-hydrogen) atoms. The Hall–Kier alpha value is -0.900. The van der Waals surface area contributed by atoms with Crippen LogP contribution >= 0.6 is 0 Å². The molecule has 1 atom stereocenters. The molecule has 0 saturated carbocycles. The molecular formula is C13H25N3O. The van der Waals surface area contributed by atoms with Crippen molar-refractivity contribution in [3.63, 3.8) is 0 Å². The van der Waals surface area contributed by atoms with Crippen LogP contribution in [0.5, 0.6) is 0 Å². The summed E-state index contributed by atoms with van der Waals surface area (Å²) in [6, 6.07) is 0. The van der Waals surface area contributed by atoms with Gasteiger partial charge in [0, 0.05) is 19.4 Å². The van der Waals surface area contributed by atoms with Crippen LogP contribution in [0.4, 0.5) is 0 Å². The van der Waals surface area contributed by atoms with Gasteiger partial charge in [-0.2, -0.15) is 4.98 Å². The first-order valence-corrected chi connectivity index (χ1v) is 6.37. The molecule has 0 amide bonds. The summed E-state index contributed by atoms with van der Waals surface area (Å²) in [5.41, 5.74) is 0.356. The van der Waals surface area contributed by atoms with Gasteiger partial charge in [-0.05, 0) is 24.8 Å². The van der Waals surface area contributed by atoms with E-state index < -0.39 is 0 Å². The Morgan fingerprint density at radius 1 is 1.35 bits per heavy atom. The van der Waals surface area contributed by atoms with Gasteiger partial charge in [0.15, 0.2) is 5.82 Å². The van der Waals surface area contributed by atoms with Gasteiger partial charge in [-0.3, -0.25) is 0 Å². The molecule has 0 saturated heterocycles. The van der Waals surface area contributed by atoms with Crippen LogP contribution < -0.4 is 5.32 Å². The van der Waals surface area contributed by atoms with E-state index in [-0.39, 0.29) is 0 Å². The van der Waals surface area contributed by atoms with E-state index in [0.29, 0.717) is 11.3 Å². The van der Waals surface area contributed by atoms with Crippen LogP contribution in [0.25, 0.3) is 0 Å². The zero-order valence-corrected chi connectivity index (χ0v) is 11.7. The number of nitrogens with zero attached hydrogens (tertiary/aromatic N) is 2.